The van der Waals surface area contributed by atoms with Crippen molar-refractivity contribution < 1.29 is 19.5 Å². The first-order chi connectivity index (χ1) is 10.0. The zero-order valence-corrected chi connectivity index (χ0v) is 11.4. The van der Waals surface area contributed by atoms with E-state index in [0.29, 0.717) is 16.7 Å². The van der Waals surface area contributed by atoms with Gasteiger partial charge in [0.1, 0.15) is 0 Å². The molecule has 2 rings (SSSR count). The Balaban J connectivity index is 2.32. The minimum Gasteiger partial charge on any atom is -0.475 e. The summed E-state index contributed by atoms with van der Waals surface area (Å²) in [4.78, 5) is 34.6. The van der Waals surface area contributed by atoms with E-state index in [9.17, 15) is 14.4 Å². The van der Waals surface area contributed by atoms with Gasteiger partial charge in [-0.05, 0) is 11.6 Å². The normalized spacial score (nSPS) is 11.7. The molecule has 0 saturated heterocycles. The van der Waals surface area contributed by atoms with E-state index in [0.717, 1.165) is 0 Å². The zero-order valence-electron chi connectivity index (χ0n) is 11.4. The van der Waals surface area contributed by atoms with Crippen molar-refractivity contribution >= 4 is 17.5 Å². The molecule has 0 aliphatic heterocycles. The van der Waals surface area contributed by atoms with Gasteiger partial charge in [-0.15, -0.1) is 0 Å². The van der Waals surface area contributed by atoms with E-state index < -0.39 is 17.7 Å². The molecule has 1 unspecified atom stereocenters. The number of hydrogen-bond donors (Lipinski definition) is 1. The third kappa shape index (κ3) is 3.23. The second kappa shape index (κ2) is 6.13. The first kappa shape index (κ1) is 14.7. The predicted octanol–water partition coefficient (Wildman–Crippen LogP) is 2.67. The molecule has 4 heteroatoms. The molecule has 1 N–H and O–H groups in total. The van der Waals surface area contributed by atoms with E-state index >= 15 is 0 Å². The van der Waals surface area contributed by atoms with Gasteiger partial charge < -0.3 is 5.11 Å². The Morgan fingerprint density at radius 1 is 0.905 bits per heavy atom. The van der Waals surface area contributed by atoms with Crippen LogP contribution in [-0.4, -0.2) is 22.6 Å². The Bertz CT molecular complexity index is 689. The molecule has 0 saturated carbocycles. The highest BCUT2D eigenvalue weighted by molar-refractivity contribution is 6.34. The summed E-state index contributed by atoms with van der Waals surface area (Å²) >= 11 is 0. The number of Topliss-reactive ketones (excluding diaryl/α,β-unsaturated/α-hetero) is 1. The lowest BCUT2D eigenvalue weighted by molar-refractivity contribution is -0.149. The Morgan fingerprint density at radius 3 is 2.14 bits per heavy atom. The highest BCUT2D eigenvalue weighted by Gasteiger charge is 2.22. The average Bonchev–Trinajstić information content (AvgIpc) is 2.53. The molecule has 2 aromatic rings. The lowest BCUT2D eigenvalue weighted by Gasteiger charge is -2.09. The van der Waals surface area contributed by atoms with E-state index in [4.69, 9.17) is 5.11 Å². The van der Waals surface area contributed by atoms with Crippen LogP contribution in [0.5, 0.6) is 0 Å². The fourth-order valence-electron chi connectivity index (χ4n) is 2.04. The summed E-state index contributed by atoms with van der Waals surface area (Å²) in [5.74, 6) is -3.31. The third-order valence-electron chi connectivity index (χ3n) is 3.29. The van der Waals surface area contributed by atoms with Crippen molar-refractivity contribution in [2.75, 3.05) is 0 Å². The molecule has 21 heavy (non-hydrogen) atoms. The molecule has 0 aliphatic carbocycles. The van der Waals surface area contributed by atoms with Gasteiger partial charge in [0, 0.05) is 11.1 Å². The van der Waals surface area contributed by atoms with Gasteiger partial charge in [-0.3, -0.25) is 9.59 Å². The molecule has 0 amide bonds. The molecular formula is C17H14O4. The summed E-state index contributed by atoms with van der Waals surface area (Å²) in [5.41, 5.74) is 1.50. The summed E-state index contributed by atoms with van der Waals surface area (Å²) in [6.45, 7) is 1.52. The lowest BCUT2D eigenvalue weighted by atomic mass is 9.93. The van der Waals surface area contributed by atoms with Crippen LogP contribution in [0, 0.1) is 0 Å². The number of carboxylic acid groups (broad SMARTS) is 1. The molecule has 0 fully saturated rings. The van der Waals surface area contributed by atoms with Crippen LogP contribution >= 0.6 is 0 Å². The molecule has 4 nitrogen and oxygen atoms in total. The number of carboxylic acids is 1. The van der Waals surface area contributed by atoms with Gasteiger partial charge in [-0.2, -0.15) is 0 Å². The van der Waals surface area contributed by atoms with Gasteiger partial charge in [0.05, 0.1) is 5.92 Å². The minimum atomic E-state index is -1.47. The summed E-state index contributed by atoms with van der Waals surface area (Å²) < 4.78 is 0. The first-order valence-corrected chi connectivity index (χ1v) is 6.47. The van der Waals surface area contributed by atoms with Crippen molar-refractivity contribution in [1.82, 2.24) is 0 Å². The Labute approximate surface area is 122 Å². The molecule has 0 aromatic heterocycles. The van der Waals surface area contributed by atoms with Gasteiger partial charge in [0.25, 0.3) is 0 Å². The third-order valence-corrected chi connectivity index (χ3v) is 3.29. The maximum Gasteiger partial charge on any atom is 0.372 e. The smallest absolute Gasteiger partial charge is 0.372 e. The van der Waals surface area contributed by atoms with Crippen LogP contribution in [-0.2, 0) is 9.59 Å². The molecular weight excluding hydrogens is 268 g/mol. The van der Waals surface area contributed by atoms with Crippen molar-refractivity contribution in [3.63, 3.8) is 0 Å². The van der Waals surface area contributed by atoms with Crippen LogP contribution in [0.1, 0.15) is 34.3 Å². The van der Waals surface area contributed by atoms with Crippen LogP contribution in [0.25, 0.3) is 0 Å². The number of ketones is 2. The Morgan fingerprint density at radius 2 is 1.52 bits per heavy atom. The Kier molecular flexibility index (Phi) is 4.28. The van der Waals surface area contributed by atoms with E-state index in [2.05, 4.69) is 0 Å². The van der Waals surface area contributed by atoms with E-state index in [-0.39, 0.29) is 5.78 Å². The Hall–Kier alpha value is -2.75. The van der Waals surface area contributed by atoms with E-state index in [1.165, 1.54) is 6.92 Å². The fourth-order valence-corrected chi connectivity index (χ4v) is 2.04. The zero-order chi connectivity index (χ0) is 15.4. The highest BCUT2D eigenvalue weighted by atomic mass is 16.4. The lowest BCUT2D eigenvalue weighted by Crippen LogP contribution is -2.19. The molecule has 106 valence electrons. The van der Waals surface area contributed by atoms with E-state index in [1.807, 2.05) is 6.07 Å². The summed E-state index contributed by atoms with van der Waals surface area (Å²) in [5, 5.41) is 8.75. The molecule has 0 bridgehead atoms. The van der Waals surface area contributed by atoms with Gasteiger partial charge in [0.15, 0.2) is 5.78 Å². The topological polar surface area (TPSA) is 71.4 Å². The molecule has 1 atom stereocenters. The summed E-state index contributed by atoms with van der Waals surface area (Å²) in [6, 6.07) is 15.3. The second-order valence-electron chi connectivity index (χ2n) is 4.71. The summed E-state index contributed by atoms with van der Waals surface area (Å²) in [6.07, 6.45) is 0. The fraction of sp³-hybridized carbons (Fsp3) is 0.118. The standard InChI is InChI=1S/C17H14O4/c1-11(15(18)17(20)21)13-8-5-9-14(10-13)16(19)12-6-3-2-4-7-12/h2-11H,1H3,(H,20,21). The summed E-state index contributed by atoms with van der Waals surface area (Å²) in [7, 11) is 0. The average molecular weight is 282 g/mol. The maximum atomic E-state index is 12.3. The number of carbonyl (C=O) groups excluding carboxylic acids is 2. The molecule has 0 heterocycles. The molecule has 0 spiro atoms. The number of rotatable bonds is 5. The quantitative estimate of drug-likeness (QED) is 0.676. The molecule has 2 aromatic carbocycles. The van der Waals surface area contributed by atoms with Crippen molar-refractivity contribution in [3.05, 3.63) is 71.3 Å². The molecule has 0 aliphatic rings. The monoisotopic (exact) mass is 282 g/mol. The second-order valence-corrected chi connectivity index (χ2v) is 4.71. The van der Waals surface area contributed by atoms with Crippen LogP contribution in [0.4, 0.5) is 0 Å². The number of hydrogen-bond acceptors (Lipinski definition) is 3. The van der Waals surface area contributed by atoms with Crippen molar-refractivity contribution in [3.8, 4) is 0 Å². The predicted molar refractivity (Wildman–Crippen MR) is 77.4 cm³/mol. The first-order valence-electron chi connectivity index (χ1n) is 6.47. The number of carbonyl (C=O) groups is 3. The maximum absolute atomic E-state index is 12.3. The number of aliphatic carboxylic acids is 1. The minimum absolute atomic E-state index is 0.160. The van der Waals surface area contributed by atoms with Crippen LogP contribution < -0.4 is 0 Å². The van der Waals surface area contributed by atoms with Crippen LogP contribution in [0.3, 0.4) is 0 Å². The molecule has 0 radical (unpaired) electrons. The number of benzene rings is 2. The van der Waals surface area contributed by atoms with Crippen LogP contribution in [0.2, 0.25) is 0 Å². The van der Waals surface area contributed by atoms with Crippen molar-refractivity contribution in [2.24, 2.45) is 0 Å². The van der Waals surface area contributed by atoms with Crippen molar-refractivity contribution in [1.29, 1.82) is 0 Å². The SMILES string of the molecule is CC(C(=O)C(=O)O)c1cccc(C(=O)c2ccccc2)c1. The van der Waals surface area contributed by atoms with Gasteiger partial charge in [0.2, 0.25) is 5.78 Å². The van der Waals surface area contributed by atoms with Crippen molar-refractivity contribution in [2.45, 2.75) is 12.8 Å². The van der Waals surface area contributed by atoms with E-state index in [1.54, 1.807) is 48.5 Å². The van der Waals surface area contributed by atoms with Gasteiger partial charge >= 0.3 is 5.97 Å². The van der Waals surface area contributed by atoms with Gasteiger partial charge in [-0.25, -0.2) is 4.79 Å². The van der Waals surface area contributed by atoms with Crippen LogP contribution in [0.15, 0.2) is 54.6 Å². The highest BCUT2D eigenvalue weighted by Crippen LogP contribution is 2.19. The largest absolute Gasteiger partial charge is 0.475 e. The van der Waals surface area contributed by atoms with Gasteiger partial charge in [-0.1, -0.05) is 55.5 Å².